The Balaban J connectivity index is 2.69. The number of carboxylic acid groups (broad SMARTS) is 1. The lowest BCUT2D eigenvalue weighted by Crippen LogP contribution is -2.22. The van der Waals surface area contributed by atoms with Gasteiger partial charge in [0, 0.05) is 19.2 Å². The van der Waals surface area contributed by atoms with Gasteiger partial charge in [0.25, 0.3) is 0 Å². The van der Waals surface area contributed by atoms with Crippen LogP contribution in [0, 0.1) is 6.92 Å². The van der Waals surface area contributed by atoms with Crippen LogP contribution in [0.2, 0.25) is 0 Å². The minimum Gasteiger partial charge on any atom is -0.479 e. The Kier molecular flexibility index (Phi) is 2.67. The monoisotopic (exact) mass is 184 g/mol. The van der Waals surface area contributed by atoms with Crippen molar-refractivity contribution in [1.29, 1.82) is 0 Å². The summed E-state index contributed by atoms with van der Waals surface area (Å²) >= 11 is 0. The first kappa shape index (κ1) is 9.73. The quantitative estimate of drug-likeness (QED) is 0.677. The minimum atomic E-state index is -1.37. The number of carbonyl (C=O) groups is 1. The van der Waals surface area contributed by atoms with E-state index < -0.39 is 12.1 Å². The number of rotatable bonds is 3. The maximum atomic E-state index is 10.3. The van der Waals surface area contributed by atoms with E-state index in [0.29, 0.717) is 5.69 Å². The van der Waals surface area contributed by atoms with Crippen LogP contribution in [0.3, 0.4) is 0 Å². The number of aliphatic hydroxyl groups is 1. The molecule has 0 radical (unpaired) electrons. The summed E-state index contributed by atoms with van der Waals surface area (Å²) in [6.07, 6.45) is -1.31. The molecule has 0 aliphatic carbocycles. The zero-order chi connectivity index (χ0) is 10.0. The molecule has 13 heavy (non-hydrogen) atoms. The maximum Gasteiger partial charge on any atom is 0.332 e. The van der Waals surface area contributed by atoms with Gasteiger partial charge in [-0.05, 0) is 13.0 Å². The summed E-state index contributed by atoms with van der Waals surface area (Å²) in [5, 5.41) is 21.5. The lowest BCUT2D eigenvalue weighted by atomic mass is 10.2. The Hall–Kier alpha value is -1.36. The molecule has 1 aromatic rings. The van der Waals surface area contributed by atoms with Crippen LogP contribution >= 0.6 is 0 Å². The van der Waals surface area contributed by atoms with E-state index in [-0.39, 0.29) is 6.42 Å². The second-order valence-corrected chi connectivity index (χ2v) is 2.96. The molecule has 0 amide bonds. The van der Waals surface area contributed by atoms with Crippen LogP contribution in [0.15, 0.2) is 6.07 Å². The number of aliphatic carboxylic acids is 1. The summed E-state index contributed by atoms with van der Waals surface area (Å²) in [5.74, 6) is -1.22. The zero-order valence-electron chi connectivity index (χ0n) is 7.56. The summed E-state index contributed by atoms with van der Waals surface area (Å²) in [5.41, 5.74) is 1.53. The standard InChI is InChI=1S/C8H12N2O3/c1-5-3-6(9-10(5)2)4-7(11)8(12)13/h3,7,11H,4H2,1-2H3,(H,12,13). The second-order valence-electron chi connectivity index (χ2n) is 2.96. The van der Waals surface area contributed by atoms with Crippen molar-refractivity contribution in [2.45, 2.75) is 19.4 Å². The molecule has 5 heteroatoms. The Morgan fingerprint density at radius 2 is 2.38 bits per heavy atom. The van der Waals surface area contributed by atoms with E-state index in [1.807, 2.05) is 6.92 Å². The summed E-state index contributed by atoms with van der Waals surface area (Å²) in [7, 11) is 1.77. The maximum absolute atomic E-state index is 10.3. The number of aromatic nitrogens is 2. The molecule has 0 saturated heterocycles. The summed E-state index contributed by atoms with van der Waals surface area (Å²) < 4.78 is 1.64. The third-order valence-corrected chi connectivity index (χ3v) is 1.85. The third kappa shape index (κ3) is 2.29. The first-order chi connectivity index (χ1) is 6.00. The molecule has 5 nitrogen and oxygen atoms in total. The minimum absolute atomic E-state index is 0.0526. The van der Waals surface area contributed by atoms with Crippen LogP contribution in [0.25, 0.3) is 0 Å². The molecule has 0 bridgehead atoms. The number of aliphatic hydroxyl groups excluding tert-OH is 1. The molecule has 1 heterocycles. The van der Waals surface area contributed by atoms with Gasteiger partial charge in [-0.2, -0.15) is 5.10 Å². The SMILES string of the molecule is Cc1cc(CC(O)C(=O)O)nn1C. The summed E-state index contributed by atoms with van der Waals surface area (Å²) in [4.78, 5) is 10.3. The van der Waals surface area contributed by atoms with Gasteiger partial charge in [0.2, 0.25) is 0 Å². The average molecular weight is 184 g/mol. The summed E-state index contributed by atoms with van der Waals surface area (Å²) in [6.45, 7) is 1.86. The fraction of sp³-hybridized carbons (Fsp3) is 0.500. The molecule has 0 spiro atoms. The van der Waals surface area contributed by atoms with Crippen LogP contribution in [-0.4, -0.2) is 32.1 Å². The summed E-state index contributed by atoms with van der Waals surface area (Å²) in [6, 6.07) is 1.76. The van der Waals surface area contributed by atoms with Crippen molar-refractivity contribution in [3.63, 3.8) is 0 Å². The molecule has 0 fully saturated rings. The van der Waals surface area contributed by atoms with Gasteiger partial charge in [-0.15, -0.1) is 0 Å². The molecule has 0 aliphatic rings. The number of hydrogen-bond acceptors (Lipinski definition) is 3. The van der Waals surface area contributed by atoms with E-state index in [1.165, 1.54) is 0 Å². The Labute approximate surface area is 75.6 Å². The number of aryl methyl sites for hydroxylation is 2. The normalized spacial score (nSPS) is 12.8. The van der Waals surface area contributed by atoms with E-state index in [0.717, 1.165) is 5.69 Å². The van der Waals surface area contributed by atoms with Gasteiger partial charge in [-0.25, -0.2) is 4.79 Å². The predicted octanol–water partition coefficient (Wildman–Crippen LogP) is -0.283. The molecule has 1 aromatic heterocycles. The highest BCUT2D eigenvalue weighted by atomic mass is 16.4. The van der Waals surface area contributed by atoms with Gasteiger partial charge >= 0.3 is 5.97 Å². The Morgan fingerprint density at radius 3 is 2.77 bits per heavy atom. The second kappa shape index (κ2) is 3.57. The fourth-order valence-electron chi connectivity index (χ4n) is 1.02. The predicted molar refractivity (Wildman–Crippen MR) is 45.3 cm³/mol. The zero-order valence-corrected chi connectivity index (χ0v) is 7.56. The van der Waals surface area contributed by atoms with Crippen LogP contribution in [0.1, 0.15) is 11.4 Å². The highest BCUT2D eigenvalue weighted by Crippen LogP contribution is 2.04. The van der Waals surface area contributed by atoms with E-state index in [1.54, 1.807) is 17.8 Å². The van der Waals surface area contributed by atoms with E-state index >= 15 is 0 Å². The van der Waals surface area contributed by atoms with Gasteiger partial charge < -0.3 is 10.2 Å². The lowest BCUT2D eigenvalue weighted by Gasteiger charge is -2.00. The van der Waals surface area contributed by atoms with Crippen LogP contribution < -0.4 is 0 Å². The molecule has 1 rings (SSSR count). The van der Waals surface area contributed by atoms with Gasteiger partial charge in [0.15, 0.2) is 6.10 Å². The molecule has 0 saturated carbocycles. The Morgan fingerprint density at radius 1 is 1.77 bits per heavy atom. The van der Waals surface area contributed by atoms with Crippen molar-refractivity contribution in [3.8, 4) is 0 Å². The van der Waals surface area contributed by atoms with E-state index in [2.05, 4.69) is 5.10 Å². The number of carboxylic acids is 1. The smallest absolute Gasteiger partial charge is 0.332 e. The van der Waals surface area contributed by atoms with Gasteiger partial charge in [0.05, 0.1) is 5.69 Å². The van der Waals surface area contributed by atoms with Gasteiger partial charge in [-0.1, -0.05) is 0 Å². The van der Waals surface area contributed by atoms with Crippen LogP contribution in [-0.2, 0) is 18.3 Å². The van der Waals surface area contributed by atoms with Crippen molar-refractivity contribution in [1.82, 2.24) is 9.78 Å². The van der Waals surface area contributed by atoms with Crippen molar-refractivity contribution >= 4 is 5.97 Å². The fourth-order valence-corrected chi connectivity index (χ4v) is 1.02. The molecule has 2 N–H and O–H groups in total. The number of nitrogens with zero attached hydrogens (tertiary/aromatic N) is 2. The third-order valence-electron chi connectivity index (χ3n) is 1.85. The molecular weight excluding hydrogens is 172 g/mol. The van der Waals surface area contributed by atoms with Crippen molar-refractivity contribution in [2.75, 3.05) is 0 Å². The molecule has 0 aromatic carbocycles. The van der Waals surface area contributed by atoms with Crippen LogP contribution in [0.5, 0.6) is 0 Å². The largest absolute Gasteiger partial charge is 0.479 e. The molecular formula is C8H12N2O3. The topological polar surface area (TPSA) is 75.3 Å². The van der Waals surface area contributed by atoms with Crippen molar-refractivity contribution in [2.24, 2.45) is 7.05 Å². The molecule has 72 valence electrons. The van der Waals surface area contributed by atoms with Gasteiger partial charge in [-0.3, -0.25) is 4.68 Å². The van der Waals surface area contributed by atoms with Crippen molar-refractivity contribution < 1.29 is 15.0 Å². The first-order valence-corrected chi connectivity index (χ1v) is 3.91. The number of hydrogen-bond donors (Lipinski definition) is 2. The van der Waals surface area contributed by atoms with Gasteiger partial charge in [0.1, 0.15) is 0 Å². The highest BCUT2D eigenvalue weighted by molar-refractivity contribution is 5.72. The average Bonchev–Trinajstić information content (AvgIpc) is 2.31. The van der Waals surface area contributed by atoms with Crippen LogP contribution in [0.4, 0.5) is 0 Å². The van der Waals surface area contributed by atoms with E-state index in [9.17, 15) is 4.79 Å². The highest BCUT2D eigenvalue weighted by Gasteiger charge is 2.15. The Bertz CT molecular complexity index is 300. The van der Waals surface area contributed by atoms with E-state index in [4.69, 9.17) is 10.2 Å². The van der Waals surface area contributed by atoms with Crippen molar-refractivity contribution in [3.05, 3.63) is 17.5 Å². The molecule has 0 aliphatic heterocycles. The first-order valence-electron chi connectivity index (χ1n) is 3.91. The lowest BCUT2D eigenvalue weighted by molar-refractivity contribution is -0.146. The molecule has 1 atom stereocenters. The molecule has 1 unspecified atom stereocenters.